The molecule has 1 aromatic carbocycles. The number of allylic oxidation sites excluding steroid dienone is 1. The first-order chi connectivity index (χ1) is 12.6. The van der Waals surface area contributed by atoms with E-state index in [0.717, 1.165) is 55.0 Å². The van der Waals surface area contributed by atoms with Crippen molar-refractivity contribution in [3.63, 3.8) is 0 Å². The number of hydrogen-bond acceptors (Lipinski definition) is 3. The Morgan fingerprint density at radius 2 is 1.88 bits per heavy atom. The van der Waals surface area contributed by atoms with Crippen molar-refractivity contribution in [1.82, 2.24) is 0 Å². The maximum atomic E-state index is 13.6. The quantitative estimate of drug-likeness (QED) is 0.527. The van der Waals surface area contributed by atoms with Crippen molar-refractivity contribution in [2.45, 2.75) is 84.1 Å². The van der Waals surface area contributed by atoms with E-state index < -0.39 is 6.67 Å². The lowest BCUT2D eigenvalue weighted by molar-refractivity contribution is 0.0787. The molecule has 0 spiro atoms. The Bertz CT molecular complexity index is 633. The molecule has 2 saturated carbocycles. The van der Waals surface area contributed by atoms with Gasteiger partial charge in [0.15, 0.2) is 5.88 Å². The zero-order chi connectivity index (χ0) is 18.5. The van der Waals surface area contributed by atoms with Crippen molar-refractivity contribution >= 4 is 5.69 Å². The molecule has 0 radical (unpaired) electrons. The Balaban J connectivity index is 1.84. The van der Waals surface area contributed by atoms with Crippen molar-refractivity contribution in [1.29, 1.82) is 0 Å². The third-order valence-corrected chi connectivity index (χ3v) is 5.34. The molecular weight excluding hydrogens is 329 g/mol. The normalized spacial score (nSPS) is 18.7. The third kappa shape index (κ3) is 4.72. The van der Waals surface area contributed by atoms with E-state index in [2.05, 4.69) is 17.9 Å². The molecule has 0 bridgehead atoms. The highest BCUT2D eigenvalue weighted by molar-refractivity contribution is 5.62. The molecule has 0 heterocycles. The summed E-state index contributed by atoms with van der Waals surface area (Å²) in [7, 11) is 2.01. The van der Waals surface area contributed by atoms with Gasteiger partial charge in [-0.15, -0.1) is 0 Å². The van der Waals surface area contributed by atoms with Crippen LogP contribution in [0.5, 0.6) is 5.75 Å². The highest BCUT2D eigenvalue weighted by Crippen LogP contribution is 2.35. The third-order valence-electron chi connectivity index (χ3n) is 5.34. The first-order valence-electron chi connectivity index (χ1n) is 10.1. The van der Waals surface area contributed by atoms with Gasteiger partial charge in [-0.05, 0) is 75.1 Å². The Morgan fingerprint density at radius 3 is 2.50 bits per heavy atom. The molecule has 3 nitrogen and oxygen atoms in total. The average molecular weight is 362 g/mol. The van der Waals surface area contributed by atoms with Crippen LogP contribution in [0.2, 0.25) is 0 Å². The molecular formula is C22H32FNO2. The van der Waals surface area contributed by atoms with Crippen LogP contribution < -0.4 is 9.64 Å². The van der Waals surface area contributed by atoms with Crippen molar-refractivity contribution < 1.29 is 13.9 Å². The molecule has 0 atom stereocenters. The number of rotatable bonds is 8. The van der Waals surface area contributed by atoms with Gasteiger partial charge in [-0.25, -0.2) is 4.39 Å². The number of ether oxygens (including phenoxy) is 2. The Kier molecular flexibility index (Phi) is 6.44. The minimum atomic E-state index is -0.481. The molecule has 0 amide bonds. The van der Waals surface area contributed by atoms with Crippen molar-refractivity contribution in [3.8, 4) is 5.75 Å². The maximum Gasteiger partial charge on any atom is 0.189 e. The van der Waals surface area contributed by atoms with Gasteiger partial charge in [0.05, 0.1) is 11.8 Å². The standard InChI is InChI=1S/C22H32FNO2/c1-4-8-22(26-18-9-6-5-7-10-18)24(3)21-14-20(25-19-11-12-19)13-17(15-23)16(21)2/h8,13-14,18-19H,4-7,9-12,15H2,1-3H3/b22-8-. The van der Waals surface area contributed by atoms with E-state index >= 15 is 0 Å². The van der Waals surface area contributed by atoms with Crippen LogP contribution in [0.15, 0.2) is 24.1 Å². The highest BCUT2D eigenvalue weighted by Gasteiger charge is 2.25. The maximum absolute atomic E-state index is 13.6. The van der Waals surface area contributed by atoms with E-state index in [4.69, 9.17) is 9.47 Å². The number of anilines is 1. The predicted molar refractivity (Wildman–Crippen MR) is 104 cm³/mol. The predicted octanol–water partition coefficient (Wildman–Crippen LogP) is 6.04. The van der Waals surface area contributed by atoms with Gasteiger partial charge in [0.2, 0.25) is 0 Å². The zero-order valence-electron chi connectivity index (χ0n) is 16.4. The number of hydrogen-bond donors (Lipinski definition) is 0. The van der Waals surface area contributed by atoms with Crippen molar-refractivity contribution in [2.24, 2.45) is 0 Å². The minimum absolute atomic E-state index is 0.288. The van der Waals surface area contributed by atoms with Gasteiger partial charge in [0, 0.05) is 13.1 Å². The molecule has 4 heteroatoms. The first kappa shape index (κ1) is 19.1. The number of alkyl halides is 1. The molecule has 2 aliphatic carbocycles. The molecule has 3 rings (SSSR count). The summed E-state index contributed by atoms with van der Waals surface area (Å²) < 4.78 is 25.9. The molecule has 0 unspecified atom stereocenters. The minimum Gasteiger partial charge on any atom is -0.490 e. The van der Waals surface area contributed by atoms with Crippen LogP contribution in [0.1, 0.15) is 69.4 Å². The van der Waals surface area contributed by atoms with Crippen LogP contribution in [-0.4, -0.2) is 19.3 Å². The number of benzene rings is 1. The van der Waals surface area contributed by atoms with Gasteiger partial charge in [-0.2, -0.15) is 0 Å². The summed E-state index contributed by atoms with van der Waals surface area (Å²) in [5, 5.41) is 0. The molecule has 2 aliphatic rings. The summed E-state index contributed by atoms with van der Waals surface area (Å²) in [6.07, 6.45) is 11.8. The molecule has 1 aromatic rings. The number of halogens is 1. The summed E-state index contributed by atoms with van der Waals surface area (Å²) in [6.45, 7) is 3.61. The fraction of sp³-hybridized carbons (Fsp3) is 0.636. The van der Waals surface area contributed by atoms with Gasteiger partial charge in [-0.1, -0.05) is 13.3 Å². The van der Waals surface area contributed by atoms with Crippen LogP contribution in [-0.2, 0) is 11.4 Å². The van der Waals surface area contributed by atoms with Gasteiger partial charge in [0.1, 0.15) is 18.5 Å². The van der Waals surface area contributed by atoms with E-state index in [0.29, 0.717) is 11.7 Å². The van der Waals surface area contributed by atoms with Crippen molar-refractivity contribution in [2.75, 3.05) is 11.9 Å². The molecule has 2 fully saturated rings. The molecule has 26 heavy (non-hydrogen) atoms. The summed E-state index contributed by atoms with van der Waals surface area (Å²) in [6, 6.07) is 3.87. The second-order valence-corrected chi connectivity index (χ2v) is 7.56. The lowest BCUT2D eigenvalue weighted by atomic mass is 9.98. The van der Waals surface area contributed by atoms with E-state index in [-0.39, 0.29) is 6.10 Å². The Morgan fingerprint density at radius 1 is 1.15 bits per heavy atom. The molecule has 0 aromatic heterocycles. The van der Waals surface area contributed by atoms with Crippen LogP contribution in [0.25, 0.3) is 0 Å². The molecule has 0 aliphatic heterocycles. The second-order valence-electron chi connectivity index (χ2n) is 7.56. The first-order valence-corrected chi connectivity index (χ1v) is 10.1. The van der Waals surface area contributed by atoms with E-state index in [1.165, 1.54) is 19.3 Å². The van der Waals surface area contributed by atoms with Crippen LogP contribution in [0.4, 0.5) is 10.1 Å². The zero-order valence-corrected chi connectivity index (χ0v) is 16.4. The van der Waals surface area contributed by atoms with Gasteiger partial charge in [-0.3, -0.25) is 0 Å². The smallest absolute Gasteiger partial charge is 0.189 e. The Hall–Kier alpha value is -1.71. The fourth-order valence-corrected chi connectivity index (χ4v) is 3.57. The van der Waals surface area contributed by atoms with Gasteiger partial charge >= 0.3 is 0 Å². The highest BCUT2D eigenvalue weighted by atomic mass is 19.1. The molecule has 0 N–H and O–H groups in total. The molecule has 0 saturated heterocycles. The van der Waals surface area contributed by atoms with Crippen LogP contribution >= 0.6 is 0 Å². The SMILES string of the molecule is CC/C=C(\OC1CCCCC1)N(C)c1cc(OC2CC2)cc(CF)c1C. The van der Waals surface area contributed by atoms with E-state index in [9.17, 15) is 4.39 Å². The van der Waals surface area contributed by atoms with Crippen LogP contribution in [0, 0.1) is 6.92 Å². The van der Waals surface area contributed by atoms with Crippen LogP contribution in [0.3, 0.4) is 0 Å². The van der Waals surface area contributed by atoms with Gasteiger partial charge < -0.3 is 14.4 Å². The fourth-order valence-electron chi connectivity index (χ4n) is 3.57. The number of nitrogens with zero attached hydrogens (tertiary/aromatic N) is 1. The topological polar surface area (TPSA) is 21.7 Å². The molecule has 144 valence electrons. The second kappa shape index (κ2) is 8.79. The summed E-state index contributed by atoms with van der Waals surface area (Å²) in [5.74, 6) is 1.64. The van der Waals surface area contributed by atoms with E-state index in [1.54, 1.807) is 0 Å². The Labute approximate surface area is 157 Å². The summed E-state index contributed by atoms with van der Waals surface area (Å²) in [5.41, 5.74) is 2.61. The summed E-state index contributed by atoms with van der Waals surface area (Å²) >= 11 is 0. The van der Waals surface area contributed by atoms with E-state index in [1.807, 2.05) is 26.1 Å². The summed E-state index contributed by atoms with van der Waals surface area (Å²) in [4.78, 5) is 2.06. The van der Waals surface area contributed by atoms with Crippen molar-refractivity contribution in [3.05, 3.63) is 35.2 Å². The van der Waals surface area contributed by atoms with Gasteiger partial charge in [0.25, 0.3) is 0 Å². The largest absolute Gasteiger partial charge is 0.490 e. The lowest BCUT2D eigenvalue weighted by Crippen LogP contribution is -2.26. The average Bonchev–Trinajstić information content (AvgIpc) is 3.47. The lowest BCUT2D eigenvalue weighted by Gasteiger charge is -2.31. The monoisotopic (exact) mass is 361 g/mol.